The minimum atomic E-state index is -4.02. The van der Waals surface area contributed by atoms with E-state index in [1.54, 1.807) is 0 Å². The molecule has 0 amide bonds. The van der Waals surface area contributed by atoms with Gasteiger partial charge in [-0.25, -0.2) is 17.2 Å². The summed E-state index contributed by atoms with van der Waals surface area (Å²) in [6.07, 6.45) is 2.86. The Morgan fingerprint density at radius 3 is 2.67 bits per heavy atom. The lowest BCUT2D eigenvalue weighted by molar-refractivity contribution is 0.242. The zero-order chi connectivity index (χ0) is 14.8. The third-order valence-electron chi connectivity index (χ3n) is 3.55. The number of piperidine rings is 1. The molecule has 0 bridgehead atoms. The quantitative estimate of drug-likeness (QED) is 0.914. The molecule has 2 N–H and O–H groups in total. The van der Waals surface area contributed by atoms with Gasteiger partial charge >= 0.3 is 0 Å². The zero-order valence-corrected chi connectivity index (χ0v) is 13.1. The molecule has 8 heteroatoms. The van der Waals surface area contributed by atoms with Crippen LogP contribution in [-0.2, 0) is 10.0 Å². The van der Waals surface area contributed by atoms with Crippen molar-refractivity contribution in [2.75, 3.05) is 13.1 Å². The van der Waals surface area contributed by atoms with Crippen LogP contribution in [-0.4, -0.2) is 31.9 Å². The normalized spacial score (nSPS) is 20.0. The van der Waals surface area contributed by atoms with E-state index in [1.165, 1.54) is 4.31 Å². The van der Waals surface area contributed by atoms with Crippen LogP contribution in [0.3, 0.4) is 0 Å². The lowest BCUT2D eigenvalue weighted by Crippen LogP contribution is -2.44. The van der Waals surface area contributed by atoms with E-state index in [2.05, 4.69) is 0 Å². The molecule has 1 aromatic carbocycles. The van der Waals surface area contributed by atoms with Gasteiger partial charge in [0, 0.05) is 12.6 Å². The standard InChI is InChI=1S/C13H18F2N2O2S.ClH/c14-10-4-5-12(15)13(9-10)20(18,19)17-8-2-1-3-11(17)6-7-16;/h4-5,9,11H,1-3,6-8,16H2;1H. The fourth-order valence-corrected chi connectivity index (χ4v) is 4.37. The fraction of sp³-hybridized carbons (Fsp3) is 0.538. The summed E-state index contributed by atoms with van der Waals surface area (Å²) in [7, 11) is -4.02. The topological polar surface area (TPSA) is 63.4 Å². The summed E-state index contributed by atoms with van der Waals surface area (Å²) in [6.45, 7) is 0.686. The first-order chi connectivity index (χ1) is 9.46. The predicted octanol–water partition coefficient (Wildman–Crippen LogP) is 2.28. The average Bonchev–Trinajstić information content (AvgIpc) is 2.42. The van der Waals surface area contributed by atoms with Crippen LogP contribution in [0.5, 0.6) is 0 Å². The van der Waals surface area contributed by atoms with Crippen molar-refractivity contribution in [3.05, 3.63) is 29.8 Å². The smallest absolute Gasteiger partial charge is 0.246 e. The Bertz CT molecular complexity index is 582. The maximum Gasteiger partial charge on any atom is 0.246 e. The summed E-state index contributed by atoms with van der Waals surface area (Å²) in [5.74, 6) is -1.69. The van der Waals surface area contributed by atoms with Gasteiger partial charge in [0.25, 0.3) is 0 Å². The number of rotatable bonds is 4. The van der Waals surface area contributed by atoms with Crippen LogP contribution in [0.15, 0.2) is 23.1 Å². The molecule has 120 valence electrons. The first kappa shape index (κ1) is 18.3. The van der Waals surface area contributed by atoms with E-state index in [-0.39, 0.29) is 18.4 Å². The van der Waals surface area contributed by atoms with Crippen molar-refractivity contribution in [1.29, 1.82) is 0 Å². The lowest BCUT2D eigenvalue weighted by Gasteiger charge is -2.34. The van der Waals surface area contributed by atoms with Gasteiger partial charge in [-0.15, -0.1) is 12.4 Å². The number of nitrogens with two attached hydrogens (primary N) is 1. The molecule has 0 aromatic heterocycles. The van der Waals surface area contributed by atoms with Crippen molar-refractivity contribution >= 4 is 22.4 Å². The third kappa shape index (κ3) is 3.91. The molecule has 1 aliphatic heterocycles. The molecule has 1 aromatic rings. The molecule has 0 aliphatic carbocycles. The average molecular weight is 341 g/mol. The Morgan fingerprint density at radius 1 is 1.29 bits per heavy atom. The van der Waals surface area contributed by atoms with E-state index >= 15 is 0 Å². The number of hydrogen-bond donors (Lipinski definition) is 1. The maximum absolute atomic E-state index is 13.7. The molecule has 1 heterocycles. The second kappa shape index (κ2) is 7.49. The van der Waals surface area contributed by atoms with E-state index < -0.39 is 26.6 Å². The molecule has 0 radical (unpaired) electrons. The molecule has 1 unspecified atom stereocenters. The minimum Gasteiger partial charge on any atom is -0.330 e. The van der Waals surface area contributed by atoms with Crippen LogP contribution in [0, 0.1) is 11.6 Å². The van der Waals surface area contributed by atoms with E-state index in [0.29, 0.717) is 25.9 Å². The molecule has 1 saturated heterocycles. The molecule has 0 spiro atoms. The van der Waals surface area contributed by atoms with Gasteiger partial charge in [-0.3, -0.25) is 0 Å². The highest BCUT2D eigenvalue weighted by atomic mass is 35.5. The SMILES string of the molecule is Cl.NCCC1CCCCN1S(=O)(=O)c1cc(F)ccc1F. The van der Waals surface area contributed by atoms with Gasteiger partial charge in [-0.1, -0.05) is 6.42 Å². The molecule has 2 rings (SSSR count). The summed E-state index contributed by atoms with van der Waals surface area (Å²) in [5.41, 5.74) is 5.50. The Morgan fingerprint density at radius 2 is 2.00 bits per heavy atom. The summed E-state index contributed by atoms with van der Waals surface area (Å²) in [4.78, 5) is -0.596. The summed E-state index contributed by atoms with van der Waals surface area (Å²) >= 11 is 0. The van der Waals surface area contributed by atoms with Gasteiger partial charge in [0.05, 0.1) is 0 Å². The molecule has 1 aliphatic rings. The van der Waals surface area contributed by atoms with Gasteiger partial charge in [-0.05, 0) is 44.0 Å². The highest BCUT2D eigenvalue weighted by Crippen LogP contribution is 2.28. The monoisotopic (exact) mass is 340 g/mol. The van der Waals surface area contributed by atoms with Gasteiger partial charge in [0.2, 0.25) is 10.0 Å². The van der Waals surface area contributed by atoms with E-state index in [9.17, 15) is 17.2 Å². The Hall–Kier alpha value is -0.760. The van der Waals surface area contributed by atoms with Crippen LogP contribution in [0.25, 0.3) is 0 Å². The number of sulfonamides is 1. The minimum absolute atomic E-state index is 0. The van der Waals surface area contributed by atoms with Crippen molar-refractivity contribution in [3.63, 3.8) is 0 Å². The predicted molar refractivity (Wildman–Crippen MR) is 78.8 cm³/mol. The van der Waals surface area contributed by atoms with Crippen LogP contribution < -0.4 is 5.73 Å². The van der Waals surface area contributed by atoms with Gasteiger partial charge in [0.1, 0.15) is 16.5 Å². The Balaban J connectivity index is 0.00000220. The highest BCUT2D eigenvalue weighted by Gasteiger charge is 2.34. The maximum atomic E-state index is 13.7. The summed E-state index contributed by atoms with van der Waals surface area (Å²) < 4.78 is 53.3. The van der Waals surface area contributed by atoms with Gasteiger partial charge in [-0.2, -0.15) is 4.31 Å². The number of hydrogen-bond acceptors (Lipinski definition) is 3. The van der Waals surface area contributed by atoms with Crippen LogP contribution >= 0.6 is 12.4 Å². The van der Waals surface area contributed by atoms with Crippen molar-refractivity contribution < 1.29 is 17.2 Å². The second-order valence-electron chi connectivity index (χ2n) is 4.92. The van der Waals surface area contributed by atoms with Crippen molar-refractivity contribution in [2.24, 2.45) is 5.73 Å². The second-order valence-corrected chi connectivity index (χ2v) is 6.78. The van der Waals surface area contributed by atoms with E-state index in [4.69, 9.17) is 5.73 Å². The summed E-state index contributed by atoms with van der Waals surface area (Å²) in [6, 6.07) is 2.24. The molecule has 0 saturated carbocycles. The van der Waals surface area contributed by atoms with E-state index in [1.807, 2.05) is 0 Å². The first-order valence-corrected chi connectivity index (χ1v) is 8.08. The van der Waals surface area contributed by atoms with Crippen LogP contribution in [0.1, 0.15) is 25.7 Å². The molecular formula is C13H19ClF2N2O2S. The van der Waals surface area contributed by atoms with Gasteiger partial charge < -0.3 is 5.73 Å². The largest absolute Gasteiger partial charge is 0.330 e. The third-order valence-corrected chi connectivity index (χ3v) is 5.52. The van der Waals surface area contributed by atoms with Gasteiger partial charge in [0.15, 0.2) is 0 Å². The molecule has 4 nitrogen and oxygen atoms in total. The van der Waals surface area contributed by atoms with Crippen molar-refractivity contribution in [2.45, 2.75) is 36.6 Å². The lowest BCUT2D eigenvalue weighted by atomic mass is 10.0. The number of halogens is 3. The zero-order valence-electron chi connectivity index (χ0n) is 11.5. The first-order valence-electron chi connectivity index (χ1n) is 6.64. The number of benzene rings is 1. The molecule has 21 heavy (non-hydrogen) atoms. The molecular weight excluding hydrogens is 322 g/mol. The Kier molecular flexibility index (Phi) is 6.52. The fourth-order valence-electron chi connectivity index (χ4n) is 2.57. The summed E-state index contributed by atoms with van der Waals surface area (Å²) in [5, 5.41) is 0. The molecule has 1 fully saturated rings. The molecule has 1 atom stereocenters. The van der Waals surface area contributed by atoms with Crippen LogP contribution in [0.4, 0.5) is 8.78 Å². The van der Waals surface area contributed by atoms with Crippen molar-refractivity contribution in [3.8, 4) is 0 Å². The highest BCUT2D eigenvalue weighted by molar-refractivity contribution is 7.89. The Labute approximate surface area is 129 Å². The van der Waals surface area contributed by atoms with Crippen molar-refractivity contribution in [1.82, 2.24) is 4.31 Å². The number of nitrogens with zero attached hydrogens (tertiary/aromatic N) is 1. The van der Waals surface area contributed by atoms with Crippen LogP contribution in [0.2, 0.25) is 0 Å². The van der Waals surface area contributed by atoms with E-state index in [0.717, 1.165) is 31.0 Å².